The Bertz CT molecular complexity index is 699. The van der Waals surface area contributed by atoms with E-state index in [9.17, 15) is 4.79 Å². The van der Waals surface area contributed by atoms with Crippen molar-refractivity contribution in [3.05, 3.63) is 63.1 Å². The van der Waals surface area contributed by atoms with Crippen LogP contribution in [0.4, 0.5) is 5.69 Å². The van der Waals surface area contributed by atoms with Gasteiger partial charge in [0.25, 0.3) is 5.91 Å². The van der Waals surface area contributed by atoms with Gasteiger partial charge < -0.3 is 10.2 Å². The lowest BCUT2D eigenvalue weighted by atomic mass is 10.1. The van der Waals surface area contributed by atoms with E-state index in [-0.39, 0.29) is 5.91 Å². The number of anilines is 1. The smallest absolute Gasteiger partial charge is 0.279 e. The van der Waals surface area contributed by atoms with E-state index < -0.39 is 0 Å². The number of quaternary nitrogens is 1. The Hall–Kier alpha value is -1.55. The van der Waals surface area contributed by atoms with Crippen molar-refractivity contribution in [1.29, 1.82) is 0 Å². The third-order valence-electron chi connectivity index (χ3n) is 3.64. The van der Waals surface area contributed by atoms with Gasteiger partial charge in [0.1, 0.15) is 6.54 Å². The molecule has 0 aliphatic carbocycles. The first-order chi connectivity index (χ1) is 10.9. The molecule has 1 amide bonds. The lowest BCUT2D eigenvalue weighted by Gasteiger charge is -2.15. The summed E-state index contributed by atoms with van der Waals surface area (Å²) in [6, 6.07) is 11.9. The normalized spacial score (nSPS) is 12.0. The molecule has 0 saturated heterocycles. The molecule has 2 N–H and O–H groups in total. The van der Waals surface area contributed by atoms with Gasteiger partial charge in [0, 0.05) is 5.56 Å². The summed E-state index contributed by atoms with van der Waals surface area (Å²) in [6.45, 7) is 5.06. The third kappa shape index (κ3) is 4.96. The molecular weight excluding hydrogens is 331 g/mol. The summed E-state index contributed by atoms with van der Waals surface area (Å²) in [5.41, 5.74) is 3.80. The average molecular weight is 352 g/mol. The number of hydrogen-bond donors (Lipinski definition) is 2. The Morgan fingerprint density at radius 1 is 1.09 bits per heavy atom. The van der Waals surface area contributed by atoms with E-state index in [1.165, 1.54) is 11.1 Å². The molecule has 23 heavy (non-hydrogen) atoms. The number of halogens is 2. The Kier molecular flexibility index (Phi) is 6.05. The van der Waals surface area contributed by atoms with E-state index in [0.29, 0.717) is 22.3 Å². The minimum atomic E-state index is -0.107. The summed E-state index contributed by atoms with van der Waals surface area (Å²) in [5, 5.41) is 3.76. The highest BCUT2D eigenvalue weighted by atomic mass is 35.5. The predicted octanol–water partition coefficient (Wildman–Crippen LogP) is 3.26. The molecule has 0 spiro atoms. The molecule has 2 aromatic rings. The highest BCUT2D eigenvalue weighted by Crippen LogP contribution is 2.32. The second-order valence-electron chi connectivity index (χ2n) is 5.90. The van der Waals surface area contributed by atoms with Crippen LogP contribution in [0, 0.1) is 13.8 Å². The first-order valence-corrected chi connectivity index (χ1v) is 8.23. The number of amides is 1. The molecule has 0 heterocycles. The van der Waals surface area contributed by atoms with Gasteiger partial charge in [0.05, 0.1) is 22.8 Å². The number of aryl methyl sites for hydroxylation is 2. The van der Waals surface area contributed by atoms with Crippen molar-refractivity contribution < 1.29 is 9.69 Å². The molecule has 122 valence electrons. The molecule has 1 unspecified atom stereocenters. The van der Waals surface area contributed by atoms with Gasteiger partial charge in [-0.1, -0.05) is 59.1 Å². The number of benzene rings is 2. The van der Waals surface area contributed by atoms with Gasteiger partial charge in [-0.2, -0.15) is 0 Å². The second-order valence-corrected chi connectivity index (χ2v) is 6.68. The van der Waals surface area contributed by atoms with Crippen LogP contribution in [0.15, 0.2) is 36.4 Å². The van der Waals surface area contributed by atoms with Gasteiger partial charge in [-0.25, -0.2) is 0 Å². The van der Waals surface area contributed by atoms with Crippen molar-refractivity contribution in [3.8, 4) is 0 Å². The molecule has 0 aromatic heterocycles. The number of carbonyl (C=O) groups is 1. The van der Waals surface area contributed by atoms with E-state index in [2.05, 4.69) is 36.5 Å². The number of nitrogens with one attached hydrogen (secondary N) is 2. The SMILES string of the molecule is Cc1ccc(C[NH+](C)CC(=O)Nc2c(Cl)ccc(C)c2Cl)cc1. The molecule has 0 radical (unpaired) electrons. The fourth-order valence-corrected chi connectivity index (χ4v) is 2.81. The Balaban J connectivity index is 1.97. The largest absolute Gasteiger partial charge is 0.326 e. The van der Waals surface area contributed by atoms with Gasteiger partial charge in [-0.15, -0.1) is 0 Å². The standard InChI is InChI=1S/C18H20Cl2N2O/c1-12-4-7-14(8-5-12)10-22(3)11-16(23)21-18-15(19)9-6-13(2)17(18)20/h4-9H,10-11H2,1-3H3,(H,21,23)/p+1. The van der Waals surface area contributed by atoms with Crippen LogP contribution in [0.5, 0.6) is 0 Å². The lowest BCUT2D eigenvalue weighted by molar-refractivity contribution is -0.885. The quantitative estimate of drug-likeness (QED) is 0.851. The molecule has 0 fully saturated rings. The predicted molar refractivity (Wildman–Crippen MR) is 96.5 cm³/mol. The summed E-state index contributed by atoms with van der Waals surface area (Å²) in [5.74, 6) is -0.107. The van der Waals surface area contributed by atoms with Crippen LogP contribution in [0.1, 0.15) is 16.7 Å². The Morgan fingerprint density at radius 2 is 1.74 bits per heavy atom. The van der Waals surface area contributed by atoms with E-state index in [1.807, 2.05) is 20.0 Å². The first-order valence-electron chi connectivity index (χ1n) is 7.48. The Labute approximate surface area is 147 Å². The fourth-order valence-electron chi connectivity index (χ4n) is 2.35. The highest BCUT2D eigenvalue weighted by Gasteiger charge is 2.15. The van der Waals surface area contributed by atoms with Crippen LogP contribution in [0.3, 0.4) is 0 Å². The van der Waals surface area contributed by atoms with Crippen LogP contribution in [0.25, 0.3) is 0 Å². The molecule has 0 saturated carbocycles. The van der Waals surface area contributed by atoms with Crippen molar-refractivity contribution in [2.24, 2.45) is 0 Å². The molecule has 0 aliphatic rings. The molecule has 3 nitrogen and oxygen atoms in total. The van der Waals surface area contributed by atoms with Gasteiger partial charge >= 0.3 is 0 Å². The summed E-state index contributed by atoms with van der Waals surface area (Å²) in [7, 11) is 1.99. The zero-order valence-corrected chi connectivity index (χ0v) is 15.1. The van der Waals surface area contributed by atoms with Crippen molar-refractivity contribution in [3.63, 3.8) is 0 Å². The Morgan fingerprint density at radius 3 is 2.39 bits per heavy atom. The monoisotopic (exact) mass is 351 g/mol. The third-order valence-corrected chi connectivity index (χ3v) is 4.44. The van der Waals surface area contributed by atoms with Gasteiger partial charge in [-0.05, 0) is 25.5 Å². The van der Waals surface area contributed by atoms with Crippen LogP contribution in [0.2, 0.25) is 10.0 Å². The van der Waals surface area contributed by atoms with Crippen molar-refractivity contribution >= 4 is 34.8 Å². The zero-order valence-electron chi connectivity index (χ0n) is 13.5. The maximum atomic E-state index is 12.2. The number of likely N-dealkylation sites (N-methyl/N-ethyl adjacent to an activating group) is 1. The number of rotatable bonds is 5. The molecular formula is C18H21Cl2N2O+. The summed E-state index contributed by atoms with van der Waals surface area (Å²) < 4.78 is 0. The van der Waals surface area contributed by atoms with Crippen LogP contribution in [-0.4, -0.2) is 19.5 Å². The number of carbonyl (C=O) groups excluding carboxylic acids is 1. The topological polar surface area (TPSA) is 33.5 Å². The second kappa shape index (κ2) is 7.82. The minimum absolute atomic E-state index is 0.107. The van der Waals surface area contributed by atoms with Gasteiger partial charge in [0.15, 0.2) is 6.54 Å². The van der Waals surface area contributed by atoms with Gasteiger partial charge in [0.2, 0.25) is 0 Å². The first kappa shape index (κ1) is 17.8. The van der Waals surface area contributed by atoms with Crippen LogP contribution < -0.4 is 10.2 Å². The maximum Gasteiger partial charge on any atom is 0.279 e. The van der Waals surface area contributed by atoms with E-state index in [1.54, 1.807) is 6.07 Å². The summed E-state index contributed by atoms with van der Waals surface area (Å²) >= 11 is 12.3. The average Bonchev–Trinajstić information content (AvgIpc) is 2.50. The molecule has 0 bridgehead atoms. The van der Waals surface area contributed by atoms with E-state index in [0.717, 1.165) is 17.0 Å². The number of hydrogen-bond acceptors (Lipinski definition) is 1. The van der Waals surface area contributed by atoms with E-state index in [4.69, 9.17) is 23.2 Å². The molecule has 2 aromatic carbocycles. The molecule has 0 aliphatic heterocycles. The lowest BCUT2D eigenvalue weighted by Crippen LogP contribution is -3.08. The van der Waals surface area contributed by atoms with Crippen LogP contribution >= 0.6 is 23.2 Å². The van der Waals surface area contributed by atoms with Gasteiger partial charge in [-0.3, -0.25) is 4.79 Å². The molecule has 2 rings (SSSR count). The summed E-state index contributed by atoms with van der Waals surface area (Å²) in [4.78, 5) is 13.3. The summed E-state index contributed by atoms with van der Waals surface area (Å²) in [6.07, 6.45) is 0. The fraction of sp³-hybridized carbons (Fsp3) is 0.278. The molecule has 5 heteroatoms. The molecule has 1 atom stereocenters. The van der Waals surface area contributed by atoms with E-state index >= 15 is 0 Å². The maximum absolute atomic E-state index is 12.2. The van der Waals surface area contributed by atoms with Crippen molar-refractivity contribution in [1.82, 2.24) is 0 Å². The van der Waals surface area contributed by atoms with Crippen LogP contribution in [-0.2, 0) is 11.3 Å². The zero-order chi connectivity index (χ0) is 17.0. The van der Waals surface area contributed by atoms with Crippen molar-refractivity contribution in [2.75, 3.05) is 18.9 Å². The minimum Gasteiger partial charge on any atom is -0.326 e. The van der Waals surface area contributed by atoms with Crippen molar-refractivity contribution in [2.45, 2.75) is 20.4 Å². The highest BCUT2D eigenvalue weighted by molar-refractivity contribution is 6.40.